The molecular formula is C10H16N4O. The van der Waals surface area contributed by atoms with Gasteiger partial charge in [0.1, 0.15) is 5.84 Å². The zero-order valence-electron chi connectivity index (χ0n) is 8.72. The molecule has 1 aromatic heterocycles. The molecular weight excluding hydrogens is 192 g/mol. The summed E-state index contributed by atoms with van der Waals surface area (Å²) >= 11 is 0. The maximum atomic E-state index is 8.34. The van der Waals surface area contributed by atoms with Crippen LogP contribution in [0.5, 0.6) is 0 Å². The summed E-state index contributed by atoms with van der Waals surface area (Å²) in [6.45, 7) is 2.72. The van der Waals surface area contributed by atoms with Gasteiger partial charge in [0.25, 0.3) is 0 Å². The van der Waals surface area contributed by atoms with E-state index in [0.717, 1.165) is 5.56 Å². The molecule has 1 rings (SSSR count). The SMILES string of the molecule is C[C@@H](NCC/C(N)=N/O)c1cccnc1. The summed E-state index contributed by atoms with van der Waals surface area (Å²) in [6.07, 6.45) is 4.09. The molecule has 15 heavy (non-hydrogen) atoms. The lowest BCUT2D eigenvalue weighted by Crippen LogP contribution is -2.24. The molecule has 0 saturated heterocycles. The average Bonchev–Trinajstić information content (AvgIpc) is 2.29. The maximum absolute atomic E-state index is 8.34. The Morgan fingerprint density at radius 3 is 3.13 bits per heavy atom. The van der Waals surface area contributed by atoms with E-state index in [1.807, 2.05) is 25.3 Å². The van der Waals surface area contributed by atoms with Crippen LogP contribution in [-0.2, 0) is 0 Å². The monoisotopic (exact) mass is 208 g/mol. The Morgan fingerprint density at radius 2 is 2.53 bits per heavy atom. The number of oxime groups is 1. The summed E-state index contributed by atoms with van der Waals surface area (Å²) in [5, 5.41) is 14.5. The highest BCUT2D eigenvalue weighted by molar-refractivity contribution is 5.79. The molecule has 5 heteroatoms. The van der Waals surface area contributed by atoms with Crippen molar-refractivity contribution in [1.29, 1.82) is 0 Å². The fourth-order valence-electron chi connectivity index (χ4n) is 1.22. The second kappa shape index (κ2) is 5.98. The van der Waals surface area contributed by atoms with Gasteiger partial charge in [0, 0.05) is 31.4 Å². The number of rotatable bonds is 5. The van der Waals surface area contributed by atoms with Crippen molar-refractivity contribution in [3.05, 3.63) is 30.1 Å². The van der Waals surface area contributed by atoms with E-state index in [1.54, 1.807) is 6.20 Å². The molecule has 4 N–H and O–H groups in total. The molecule has 82 valence electrons. The Hall–Kier alpha value is -1.62. The minimum absolute atomic E-state index is 0.213. The van der Waals surface area contributed by atoms with Crippen LogP contribution >= 0.6 is 0 Å². The van der Waals surface area contributed by atoms with Crippen LogP contribution in [0.15, 0.2) is 29.7 Å². The molecule has 0 aliphatic heterocycles. The quantitative estimate of drug-likeness (QED) is 0.290. The highest BCUT2D eigenvalue weighted by Gasteiger charge is 2.03. The number of nitrogens with zero attached hydrogens (tertiary/aromatic N) is 2. The van der Waals surface area contributed by atoms with Gasteiger partial charge in [0.2, 0.25) is 0 Å². The van der Waals surface area contributed by atoms with Crippen LogP contribution in [-0.4, -0.2) is 22.6 Å². The van der Waals surface area contributed by atoms with Gasteiger partial charge in [-0.1, -0.05) is 11.2 Å². The second-order valence-electron chi connectivity index (χ2n) is 3.30. The van der Waals surface area contributed by atoms with Gasteiger partial charge in [-0.3, -0.25) is 4.98 Å². The van der Waals surface area contributed by atoms with E-state index < -0.39 is 0 Å². The summed E-state index contributed by atoms with van der Waals surface area (Å²) in [7, 11) is 0. The first kappa shape index (κ1) is 11.5. The van der Waals surface area contributed by atoms with Gasteiger partial charge in [-0.25, -0.2) is 0 Å². The van der Waals surface area contributed by atoms with Crippen molar-refractivity contribution in [1.82, 2.24) is 10.3 Å². The topological polar surface area (TPSA) is 83.5 Å². The summed E-state index contributed by atoms with van der Waals surface area (Å²) in [4.78, 5) is 4.04. The van der Waals surface area contributed by atoms with Gasteiger partial charge in [-0.15, -0.1) is 0 Å². The minimum atomic E-state index is 0.213. The highest BCUT2D eigenvalue weighted by Crippen LogP contribution is 2.08. The van der Waals surface area contributed by atoms with E-state index in [1.165, 1.54) is 0 Å². The Balaban J connectivity index is 2.34. The molecule has 0 amide bonds. The fraction of sp³-hybridized carbons (Fsp3) is 0.400. The Bertz CT molecular complexity index is 312. The largest absolute Gasteiger partial charge is 0.409 e. The molecule has 1 aromatic rings. The Labute approximate surface area is 89.0 Å². The van der Waals surface area contributed by atoms with E-state index in [4.69, 9.17) is 10.9 Å². The molecule has 0 aliphatic rings. The van der Waals surface area contributed by atoms with Gasteiger partial charge >= 0.3 is 0 Å². The third kappa shape index (κ3) is 3.95. The van der Waals surface area contributed by atoms with Crippen LogP contribution in [0.2, 0.25) is 0 Å². The summed E-state index contributed by atoms with van der Waals surface area (Å²) < 4.78 is 0. The lowest BCUT2D eigenvalue weighted by molar-refractivity contribution is 0.316. The first-order valence-corrected chi connectivity index (χ1v) is 4.83. The van der Waals surface area contributed by atoms with Crippen molar-refractivity contribution < 1.29 is 5.21 Å². The molecule has 0 saturated carbocycles. The fourth-order valence-corrected chi connectivity index (χ4v) is 1.22. The number of aromatic nitrogens is 1. The van der Waals surface area contributed by atoms with E-state index in [-0.39, 0.29) is 11.9 Å². The number of nitrogens with two attached hydrogens (primary N) is 1. The molecule has 1 heterocycles. The average molecular weight is 208 g/mol. The smallest absolute Gasteiger partial charge is 0.140 e. The van der Waals surface area contributed by atoms with E-state index in [0.29, 0.717) is 13.0 Å². The van der Waals surface area contributed by atoms with Gasteiger partial charge in [-0.2, -0.15) is 0 Å². The van der Waals surface area contributed by atoms with Crippen molar-refractivity contribution in [2.75, 3.05) is 6.54 Å². The first-order valence-electron chi connectivity index (χ1n) is 4.83. The number of pyridine rings is 1. The Morgan fingerprint density at radius 1 is 1.73 bits per heavy atom. The first-order chi connectivity index (χ1) is 7.24. The molecule has 0 fully saturated rings. The van der Waals surface area contributed by atoms with Crippen LogP contribution in [0.1, 0.15) is 24.9 Å². The van der Waals surface area contributed by atoms with E-state index in [2.05, 4.69) is 15.5 Å². The molecule has 0 aliphatic carbocycles. The lowest BCUT2D eigenvalue weighted by Gasteiger charge is -2.12. The Kier molecular flexibility index (Phi) is 4.56. The predicted octanol–water partition coefficient (Wildman–Crippen LogP) is 0.869. The summed E-state index contributed by atoms with van der Waals surface area (Å²) in [6, 6.07) is 4.12. The zero-order valence-corrected chi connectivity index (χ0v) is 8.72. The van der Waals surface area contributed by atoms with Crippen molar-refractivity contribution in [2.45, 2.75) is 19.4 Å². The van der Waals surface area contributed by atoms with Gasteiger partial charge in [0.15, 0.2) is 0 Å². The van der Waals surface area contributed by atoms with Gasteiger partial charge in [-0.05, 0) is 18.6 Å². The number of hydrogen-bond donors (Lipinski definition) is 3. The van der Waals surface area contributed by atoms with Crippen LogP contribution < -0.4 is 11.1 Å². The van der Waals surface area contributed by atoms with Gasteiger partial charge < -0.3 is 16.3 Å². The van der Waals surface area contributed by atoms with Crippen LogP contribution in [0.3, 0.4) is 0 Å². The van der Waals surface area contributed by atoms with Crippen LogP contribution in [0.4, 0.5) is 0 Å². The summed E-state index contributed by atoms with van der Waals surface area (Å²) in [5.41, 5.74) is 6.47. The van der Waals surface area contributed by atoms with Crippen molar-refractivity contribution in [3.63, 3.8) is 0 Å². The lowest BCUT2D eigenvalue weighted by atomic mass is 10.1. The predicted molar refractivity (Wildman–Crippen MR) is 58.7 cm³/mol. The molecule has 0 aromatic carbocycles. The second-order valence-corrected chi connectivity index (χ2v) is 3.30. The van der Waals surface area contributed by atoms with Crippen molar-refractivity contribution in [3.8, 4) is 0 Å². The molecule has 0 spiro atoms. The molecule has 0 bridgehead atoms. The highest BCUT2D eigenvalue weighted by atomic mass is 16.4. The normalized spacial score (nSPS) is 13.8. The van der Waals surface area contributed by atoms with Crippen molar-refractivity contribution >= 4 is 5.84 Å². The van der Waals surface area contributed by atoms with Crippen LogP contribution in [0.25, 0.3) is 0 Å². The third-order valence-corrected chi connectivity index (χ3v) is 2.14. The molecule has 0 unspecified atom stereocenters. The van der Waals surface area contributed by atoms with E-state index >= 15 is 0 Å². The minimum Gasteiger partial charge on any atom is -0.409 e. The maximum Gasteiger partial charge on any atom is 0.140 e. The molecule has 0 radical (unpaired) electrons. The number of hydrogen-bond acceptors (Lipinski definition) is 4. The van der Waals surface area contributed by atoms with E-state index in [9.17, 15) is 0 Å². The van der Waals surface area contributed by atoms with Gasteiger partial charge in [0.05, 0.1) is 0 Å². The zero-order chi connectivity index (χ0) is 11.1. The number of nitrogens with one attached hydrogen (secondary N) is 1. The third-order valence-electron chi connectivity index (χ3n) is 2.14. The van der Waals surface area contributed by atoms with Crippen LogP contribution in [0, 0.1) is 0 Å². The standard InChI is InChI=1S/C10H16N4O/c1-8(9-3-2-5-12-7-9)13-6-4-10(11)14-15/h2-3,5,7-8,13,15H,4,6H2,1H3,(H2,11,14)/t8-/m1/s1. The molecule has 5 nitrogen and oxygen atoms in total. The summed E-state index contributed by atoms with van der Waals surface area (Å²) in [5.74, 6) is 0.237. The number of amidine groups is 1. The molecule has 1 atom stereocenters. The van der Waals surface area contributed by atoms with Crippen molar-refractivity contribution in [2.24, 2.45) is 10.9 Å².